The number of benzene rings is 1. The van der Waals surface area contributed by atoms with Crippen molar-refractivity contribution in [3.63, 3.8) is 0 Å². The molecule has 9 nitrogen and oxygen atoms in total. The highest BCUT2D eigenvalue weighted by molar-refractivity contribution is 7.90. The molecule has 2 aromatic rings. The smallest absolute Gasteiger partial charge is 0.290 e. The van der Waals surface area contributed by atoms with E-state index in [1.54, 1.807) is 24.3 Å². The molecule has 2 saturated heterocycles. The number of sulfonamides is 1. The third-order valence-electron chi connectivity index (χ3n) is 6.26. The number of rotatable bonds is 5. The number of carbonyl (C=O) groups excluding carboxylic acids is 2. The number of likely N-dealkylation sites (tertiary alicyclic amines) is 2. The van der Waals surface area contributed by atoms with Crippen LogP contribution in [0.5, 0.6) is 0 Å². The van der Waals surface area contributed by atoms with Gasteiger partial charge < -0.3 is 19.5 Å². The van der Waals surface area contributed by atoms with E-state index in [1.165, 1.54) is 23.3 Å². The zero-order chi connectivity index (χ0) is 24.1. The summed E-state index contributed by atoms with van der Waals surface area (Å²) in [5, 5.41) is 2.79. The molecule has 0 aliphatic carbocycles. The van der Waals surface area contributed by atoms with Crippen LogP contribution in [0.1, 0.15) is 55.5 Å². The number of nitrogens with one attached hydrogen (secondary N) is 1. The van der Waals surface area contributed by atoms with E-state index in [1.807, 2.05) is 11.9 Å². The fourth-order valence-electron chi connectivity index (χ4n) is 4.38. The van der Waals surface area contributed by atoms with Crippen LogP contribution in [0.25, 0.3) is 0 Å². The van der Waals surface area contributed by atoms with Crippen LogP contribution in [0.4, 0.5) is 5.69 Å². The summed E-state index contributed by atoms with van der Waals surface area (Å²) in [7, 11) is -2.07. The van der Waals surface area contributed by atoms with E-state index in [4.69, 9.17) is 4.42 Å². The van der Waals surface area contributed by atoms with Gasteiger partial charge in [0.25, 0.3) is 15.9 Å². The second kappa shape index (κ2) is 10.4. The lowest BCUT2D eigenvalue weighted by Crippen LogP contribution is -2.49. The predicted molar refractivity (Wildman–Crippen MR) is 128 cm³/mol. The number of piperidine rings is 1. The third kappa shape index (κ3) is 5.49. The van der Waals surface area contributed by atoms with Gasteiger partial charge in [-0.25, -0.2) is 0 Å². The van der Waals surface area contributed by atoms with Crippen LogP contribution < -0.4 is 5.32 Å². The van der Waals surface area contributed by atoms with Crippen LogP contribution in [-0.2, 0) is 14.8 Å². The monoisotopic (exact) mass is 486 g/mol. The van der Waals surface area contributed by atoms with Crippen molar-refractivity contribution in [3.8, 4) is 0 Å². The average molecular weight is 487 g/mol. The van der Waals surface area contributed by atoms with Crippen LogP contribution >= 0.6 is 0 Å². The van der Waals surface area contributed by atoms with E-state index < -0.39 is 16.1 Å². The van der Waals surface area contributed by atoms with E-state index in [0.717, 1.165) is 38.6 Å². The molecule has 0 spiro atoms. The molecule has 0 saturated carbocycles. The first-order valence-corrected chi connectivity index (χ1v) is 13.1. The first-order chi connectivity index (χ1) is 16.3. The number of hydrogen-bond acceptors (Lipinski definition) is 5. The molecule has 1 N–H and O–H groups in total. The fraction of sp³-hybridized carbons (Fsp3) is 0.458. The first-order valence-electron chi connectivity index (χ1n) is 11.7. The van der Waals surface area contributed by atoms with Crippen molar-refractivity contribution < 1.29 is 22.4 Å². The van der Waals surface area contributed by atoms with Crippen molar-refractivity contribution in [2.75, 3.05) is 25.5 Å². The van der Waals surface area contributed by atoms with Gasteiger partial charge in [-0.3, -0.25) is 9.59 Å². The molecule has 1 aromatic carbocycles. The molecule has 10 heteroatoms. The highest BCUT2D eigenvalue weighted by Gasteiger charge is 2.34. The van der Waals surface area contributed by atoms with Gasteiger partial charge in [-0.1, -0.05) is 12.5 Å². The summed E-state index contributed by atoms with van der Waals surface area (Å²) in [6.45, 7) is 1.23. The molecule has 2 fully saturated rings. The van der Waals surface area contributed by atoms with Crippen LogP contribution in [-0.4, -0.2) is 62.0 Å². The van der Waals surface area contributed by atoms with E-state index in [0.29, 0.717) is 30.9 Å². The van der Waals surface area contributed by atoms with Crippen molar-refractivity contribution in [2.24, 2.45) is 4.40 Å². The number of carbonyl (C=O) groups is 2. The van der Waals surface area contributed by atoms with Crippen molar-refractivity contribution in [3.05, 3.63) is 48.4 Å². The molecule has 1 aromatic heterocycles. The summed E-state index contributed by atoms with van der Waals surface area (Å²) in [4.78, 5) is 29.3. The SMILES string of the molecule is CN1CCCCC/C1=N\S(=O)(=O)c1cccc(NC(=O)C2CCCCN2C(=O)c2ccco2)c1. The van der Waals surface area contributed by atoms with Crippen LogP contribution in [0.3, 0.4) is 0 Å². The quantitative estimate of drug-likeness (QED) is 0.692. The molecule has 182 valence electrons. The average Bonchev–Trinajstić information content (AvgIpc) is 3.30. The minimum Gasteiger partial charge on any atom is -0.459 e. The van der Waals surface area contributed by atoms with Gasteiger partial charge in [0.2, 0.25) is 5.91 Å². The maximum absolute atomic E-state index is 13.1. The Hall–Kier alpha value is -3.14. The Bertz CT molecular complexity index is 1160. The minimum absolute atomic E-state index is 0.0163. The maximum atomic E-state index is 13.1. The zero-order valence-electron chi connectivity index (χ0n) is 19.3. The molecule has 4 rings (SSSR count). The number of amides is 2. The lowest BCUT2D eigenvalue weighted by atomic mass is 10.0. The van der Waals surface area contributed by atoms with Crippen molar-refractivity contribution >= 4 is 33.4 Å². The second-order valence-corrected chi connectivity index (χ2v) is 10.3. The highest BCUT2D eigenvalue weighted by Crippen LogP contribution is 2.24. The topological polar surface area (TPSA) is 112 Å². The van der Waals surface area contributed by atoms with Crippen molar-refractivity contribution in [1.82, 2.24) is 9.80 Å². The number of amidine groups is 1. The zero-order valence-corrected chi connectivity index (χ0v) is 20.1. The first kappa shape index (κ1) is 24.0. The van der Waals surface area contributed by atoms with Gasteiger partial charge >= 0.3 is 0 Å². The standard InChI is InChI=1S/C24H30N4O5S/c1-27-14-5-2-3-13-22(27)26-34(31,32)19-10-7-9-18(17-19)25-23(29)20-11-4-6-15-28(20)24(30)21-12-8-16-33-21/h7-10,12,16-17,20H,2-6,11,13-15H2,1H3,(H,25,29)/b26-22+. The molecule has 2 aliphatic rings. The summed E-state index contributed by atoms with van der Waals surface area (Å²) < 4.78 is 35.3. The lowest BCUT2D eigenvalue weighted by molar-refractivity contribution is -0.121. The molecule has 34 heavy (non-hydrogen) atoms. The molecule has 2 aliphatic heterocycles. The van der Waals surface area contributed by atoms with Crippen LogP contribution in [0.15, 0.2) is 56.4 Å². The Morgan fingerprint density at radius 1 is 1.06 bits per heavy atom. The van der Waals surface area contributed by atoms with Gasteiger partial charge in [0.1, 0.15) is 11.9 Å². The second-order valence-electron chi connectivity index (χ2n) is 8.72. The molecule has 0 radical (unpaired) electrons. The summed E-state index contributed by atoms with van der Waals surface area (Å²) in [5.74, 6) is 0.0603. The Morgan fingerprint density at radius 2 is 1.88 bits per heavy atom. The van der Waals surface area contributed by atoms with Crippen molar-refractivity contribution in [1.29, 1.82) is 0 Å². The summed E-state index contributed by atoms with van der Waals surface area (Å²) in [6, 6.07) is 8.64. The van der Waals surface area contributed by atoms with Gasteiger partial charge in [-0.15, -0.1) is 4.40 Å². The Labute approximate surface area is 199 Å². The number of hydrogen-bond donors (Lipinski definition) is 1. The minimum atomic E-state index is -3.93. The Balaban J connectivity index is 1.51. The molecule has 2 amide bonds. The normalized spacial score (nSPS) is 20.7. The van der Waals surface area contributed by atoms with E-state index in [9.17, 15) is 18.0 Å². The third-order valence-corrected chi connectivity index (χ3v) is 7.56. The van der Waals surface area contributed by atoms with Crippen LogP contribution in [0, 0.1) is 0 Å². The molecule has 0 bridgehead atoms. The summed E-state index contributed by atoms with van der Waals surface area (Å²) in [5.41, 5.74) is 0.344. The molecule has 1 atom stereocenters. The maximum Gasteiger partial charge on any atom is 0.290 e. The largest absolute Gasteiger partial charge is 0.459 e. The lowest BCUT2D eigenvalue weighted by Gasteiger charge is -2.34. The number of anilines is 1. The molecule has 1 unspecified atom stereocenters. The van der Waals surface area contributed by atoms with Crippen molar-refractivity contribution in [2.45, 2.75) is 55.9 Å². The van der Waals surface area contributed by atoms with E-state index in [-0.39, 0.29) is 22.5 Å². The number of furan rings is 1. The van der Waals surface area contributed by atoms with Gasteiger partial charge in [0.15, 0.2) is 5.76 Å². The Kier molecular flexibility index (Phi) is 7.35. The van der Waals surface area contributed by atoms with Gasteiger partial charge in [0.05, 0.1) is 11.2 Å². The number of nitrogens with zero attached hydrogens (tertiary/aromatic N) is 3. The molecule has 3 heterocycles. The van der Waals surface area contributed by atoms with Gasteiger partial charge in [-0.2, -0.15) is 8.42 Å². The van der Waals surface area contributed by atoms with E-state index in [2.05, 4.69) is 9.71 Å². The summed E-state index contributed by atoms with van der Waals surface area (Å²) >= 11 is 0. The predicted octanol–water partition coefficient (Wildman–Crippen LogP) is 3.51. The molecular formula is C24H30N4O5S. The Morgan fingerprint density at radius 3 is 2.68 bits per heavy atom. The summed E-state index contributed by atoms with van der Waals surface area (Å²) in [6.07, 6.45) is 7.16. The van der Waals surface area contributed by atoms with E-state index >= 15 is 0 Å². The fourth-order valence-corrected chi connectivity index (χ4v) is 5.52. The highest BCUT2D eigenvalue weighted by atomic mass is 32.2. The van der Waals surface area contributed by atoms with Gasteiger partial charge in [0, 0.05) is 32.2 Å². The van der Waals surface area contributed by atoms with Crippen LogP contribution in [0.2, 0.25) is 0 Å². The molecular weight excluding hydrogens is 456 g/mol. The van der Waals surface area contributed by atoms with Gasteiger partial charge in [-0.05, 0) is 62.4 Å².